The number of carbonyl (C=O) groups excluding carboxylic acids is 3. The monoisotopic (exact) mass is 364 g/mol. The number of hydrogen-bond acceptors (Lipinski definition) is 6. The lowest BCUT2D eigenvalue weighted by atomic mass is 9.96. The molecule has 1 heterocycles. The molecule has 1 fully saturated rings. The van der Waals surface area contributed by atoms with Gasteiger partial charge in [-0.05, 0) is 30.5 Å². The van der Waals surface area contributed by atoms with Gasteiger partial charge in [-0.3, -0.25) is 14.4 Å². The van der Waals surface area contributed by atoms with Gasteiger partial charge in [0.05, 0.1) is 20.6 Å². The second-order valence-electron chi connectivity index (χ2n) is 6.08. The number of piperidine rings is 1. The topological polar surface area (TPSA) is 108 Å². The van der Waals surface area contributed by atoms with Crippen molar-refractivity contribution in [2.45, 2.75) is 19.3 Å². The Balaban J connectivity index is 1.80. The summed E-state index contributed by atoms with van der Waals surface area (Å²) in [5, 5.41) is 0. The zero-order chi connectivity index (χ0) is 19.1. The molecular weight excluding hydrogens is 340 g/mol. The van der Waals surface area contributed by atoms with Gasteiger partial charge in [-0.1, -0.05) is 6.07 Å². The Morgan fingerprint density at radius 2 is 1.77 bits per heavy atom. The molecule has 2 rings (SSSR count). The largest absolute Gasteiger partial charge is 0.493 e. The van der Waals surface area contributed by atoms with Crippen LogP contribution in [0.1, 0.15) is 18.4 Å². The van der Waals surface area contributed by atoms with Gasteiger partial charge in [0.1, 0.15) is 0 Å². The van der Waals surface area contributed by atoms with Gasteiger partial charge in [0.25, 0.3) is 5.91 Å². The van der Waals surface area contributed by atoms with E-state index in [0.29, 0.717) is 43.0 Å². The highest BCUT2D eigenvalue weighted by atomic mass is 16.5. The number of hydrogen-bond donors (Lipinski definition) is 1. The number of amides is 2. The molecule has 0 atom stereocenters. The Morgan fingerprint density at radius 1 is 1.12 bits per heavy atom. The number of primary amides is 1. The lowest BCUT2D eigenvalue weighted by molar-refractivity contribution is -0.152. The molecule has 0 saturated carbocycles. The van der Waals surface area contributed by atoms with E-state index in [2.05, 4.69) is 0 Å². The highest BCUT2D eigenvalue weighted by Gasteiger charge is 2.26. The molecule has 0 bridgehead atoms. The molecular formula is C18H24N2O6. The molecule has 1 aromatic rings. The maximum Gasteiger partial charge on any atom is 0.310 e. The lowest BCUT2D eigenvalue weighted by Gasteiger charge is -2.30. The quantitative estimate of drug-likeness (QED) is 0.707. The first-order valence-electron chi connectivity index (χ1n) is 8.38. The van der Waals surface area contributed by atoms with E-state index in [1.807, 2.05) is 0 Å². The number of esters is 1. The number of nitrogens with two attached hydrogens (primary N) is 1. The van der Waals surface area contributed by atoms with E-state index >= 15 is 0 Å². The Kier molecular flexibility index (Phi) is 6.82. The first-order chi connectivity index (χ1) is 12.4. The van der Waals surface area contributed by atoms with E-state index in [9.17, 15) is 14.4 Å². The Bertz CT molecular complexity index is 668. The van der Waals surface area contributed by atoms with Gasteiger partial charge in [-0.2, -0.15) is 0 Å². The highest BCUT2D eigenvalue weighted by molar-refractivity contribution is 5.82. The summed E-state index contributed by atoms with van der Waals surface area (Å²) in [4.78, 5) is 36.8. The van der Waals surface area contributed by atoms with Crippen LogP contribution in [0.4, 0.5) is 0 Å². The van der Waals surface area contributed by atoms with Gasteiger partial charge in [0.2, 0.25) is 5.91 Å². The number of carbonyl (C=O) groups is 3. The van der Waals surface area contributed by atoms with Crippen LogP contribution in [0, 0.1) is 5.92 Å². The minimum Gasteiger partial charge on any atom is -0.493 e. The molecule has 2 amide bonds. The number of ether oxygens (including phenoxy) is 3. The number of benzene rings is 1. The van der Waals surface area contributed by atoms with Crippen molar-refractivity contribution in [1.29, 1.82) is 0 Å². The van der Waals surface area contributed by atoms with Crippen molar-refractivity contribution in [3.05, 3.63) is 23.8 Å². The number of rotatable bonds is 7. The Morgan fingerprint density at radius 3 is 2.35 bits per heavy atom. The van der Waals surface area contributed by atoms with Gasteiger partial charge >= 0.3 is 5.97 Å². The maximum absolute atomic E-state index is 12.1. The molecule has 26 heavy (non-hydrogen) atoms. The molecule has 0 aliphatic carbocycles. The van der Waals surface area contributed by atoms with Crippen molar-refractivity contribution >= 4 is 17.8 Å². The SMILES string of the molecule is COc1ccc(CC(=O)OCC(=O)N2CCC(C(N)=O)CC2)cc1OC. The molecule has 0 radical (unpaired) electrons. The molecule has 142 valence electrons. The fourth-order valence-corrected chi connectivity index (χ4v) is 2.86. The van der Waals surface area contributed by atoms with Crippen molar-refractivity contribution in [2.75, 3.05) is 33.9 Å². The van der Waals surface area contributed by atoms with Gasteiger partial charge in [0, 0.05) is 19.0 Å². The normalized spacial score (nSPS) is 14.6. The van der Waals surface area contributed by atoms with Crippen molar-refractivity contribution in [2.24, 2.45) is 11.7 Å². The Hall–Kier alpha value is -2.77. The van der Waals surface area contributed by atoms with Crippen molar-refractivity contribution in [3.8, 4) is 11.5 Å². The van der Waals surface area contributed by atoms with Gasteiger partial charge in [-0.15, -0.1) is 0 Å². The molecule has 1 aliphatic rings. The summed E-state index contributed by atoms with van der Waals surface area (Å²) in [6.07, 6.45) is 1.11. The third-order valence-corrected chi connectivity index (χ3v) is 4.40. The number of likely N-dealkylation sites (tertiary alicyclic amines) is 1. The second kappa shape index (κ2) is 9.07. The van der Waals surface area contributed by atoms with E-state index in [1.54, 1.807) is 23.1 Å². The van der Waals surface area contributed by atoms with Gasteiger partial charge in [-0.25, -0.2) is 0 Å². The van der Waals surface area contributed by atoms with Crippen LogP contribution in [-0.4, -0.2) is 56.6 Å². The fourth-order valence-electron chi connectivity index (χ4n) is 2.86. The average Bonchev–Trinajstić information content (AvgIpc) is 2.66. The van der Waals surface area contributed by atoms with E-state index in [4.69, 9.17) is 19.9 Å². The van der Waals surface area contributed by atoms with Crippen LogP contribution >= 0.6 is 0 Å². The third-order valence-electron chi connectivity index (χ3n) is 4.40. The van der Waals surface area contributed by atoms with E-state index in [-0.39, 0.29) is 30.8 Å². The summed E-state index contributed by atoms with van der Waals surface area (Å²) >= 11 is 0. The van der Waals surface area contributed by atoms with Crippen LogP contribution in [0.3, 0.4) is 0 Å². The summed E-state index contributed by atoms with van der Waals surface area (Å²) in [6.45, 7) is 0.576. The minimum atomic E-state index is -0.502. The number of nitrogens with zero attached hydrogens (tertiary/aromatic N) is 1. The first-order valence-corrected chi connectivity index (χ1v) is 8.38. The molecule has 0 aromatic heterocycles. The summed E-state index contributed by atoms with van der Waals surface area (Å²) in [5.74, 6) is -0.207. The van der Waals surface area contributed by atoms with Crippen LogP contribution in [0.25, 0.3) is 0 Å². The van der Waals surface area contributed by atoms with Gasteiger partial charge in [0.15, 0.2) is 18.1 Å². The first kappa shape index (κ1) is 19.6. The van der Waals surface area contributed by atoms with Crippen LogP contribution in [0.15, 0.2) is 18.2 Å². The summed E-state index contributed by atoms with van der Waals surface area (Å²) in [6, 6.07) is 5.13. The predicted octanol–water partition coefficient (Wildman–Crippen LogP) is 0.513. The smallest absolute Gasteiger partial charge is 0.310 e. The van der Waals surface area contributed by atoms with E-state index < -0.39 is 5.97 Å². The molecule has 8 nitrogen and oxygen atoms in total. The standard InChI is InChI=1S/C18H24N2O6/c1-24-14-4-3-12(9-15(14)25-2)10-17(22)26-11-16(21)20-7-5-13(6-8-20)18(19)23/h3-4,9,13H,5-8,10-11H2,1-2H3,(H2,19,23). The average molecular weight is 364 g/mol. The van der Waals surface area contributed by atoms with Crippen LogP contribution in [0.2, 0.25) is 0 Å². The van der Waals surface area contributed by atoms with E-state index in [1.165, 1.54) is 14.2 Å². The van der Waals surface area contributed by atoms with Crippen LogP contribution < -0.4 is 15.2 Å². The molecule has 1 aromatic carbocycles. The summed E-state index contributed by atoms with van der Waals surface area (Å²) in [7, 11) is 3.05. The fraction of sp³-hybridized carbons (Fsp3) is 0.500. The molecule has 8 heteroatoms. The zero-order valence-electron chi connectivity index (χ0n) is 15.0. The third kappa shape index (κ3) is 5.11. The van der Waals surface area contributed by atoms with Crippen molar-refractivity contribution in [1.82, 2.24) is 4.90 Å². The Labute approximate surface area is 152 Å². The summed E-state index contributed by atoms with van der Waals surface area (Å²) < 4.78 is 15.4. The van der Waals surface area contributed by atoms with Crippen molar-refractivity contribution in [3.63, 3.8) is 0 Å². The highest BCUT2D eigenvalue weighted by Crippen LogP contribution is 2.27. The lowest BCUT2D eigenvalue weighted by Crippen LogP contribution is -2.43. The minimum absolute atomic E-state index is 0.0252. The van der Waals surface area contributed by atoms with Crippen LogP contribution in [0.5, 0.6) is 11.5 Å². The second-order valence-corrected chi connectivity index (χ2v) is 6.08. The number of methoxy groups -OCH3 is 2. The molecule has 0 unspecified atom stereocenters. The molecule has 1 saturated heterocycles. The van der Waals surface area contributed by atoms with E-state index in [0.717, 1.165) is 0 Å². The van der Waals surface area contributed by atoms with Crippen molar-refractivity contribution < 1.29 is 28.6 Å². The maximum atomic E-state index is 12.1. The molecule has 0 spiro atoms. The predicted molar refractivity (Wildman–Crippen MR) is 92.7 cm³/mol. The molecule has 2 N–H and O–H groups in total. The zero-order valence-corrected chi connectivity index (χ0v) is 15.0. The summed E-state index contributed by atoms with van der Waals surface area (Å²) in [5.41, 5.74) is 5.97. The van der Waals surface area contributed by atoms with Gasteiger partial charge < -0.3 is 24.8 Å². The van der Waals surface area contributed by atoms with Crippen LogP contribution in [-0.2, 0) is 25.5 Å². The molecule has 1 aliphatic heterocycles.